The molecule has 1 heterocycles. The number of hydrogen-bond donors (Lipinski definition) is 1. The standard InChI is InChI=1S/C12H17ClN2O/c1-16-8-7-12(5-6-12)9-14-11-4-2-3-10(13)15-11/h2-4H,5-9H2,1H3,(H,14,15). The topological polar surface area (TPSA) is 34.1 Å². The lowest BCUT2D eigenvalue weighted by atomic mass is 10.0. The highest BCUT2D eigenvalue weighted by Gasteiger charge is 2.41. The average Bonchev–Trinajstić information content (AvgIpc) is 3.05. The molecule has 88 valence electrons. The van der Waals surface area contributed by atoms with E-state index in [1.165, 1.54) is 12.8 Å². The normalized spacial score (nSPS) is 17.1. The zero-order valence-electron chi connectivity index (χ0n) is 9.50. The summed E-state index contributed by atoms with van der Waals surface area (Å²) >= 11 is 5.82. The van der Waals surface area contributed by atoms with E-state index in [9.17, 15) is 0 Å². The van der Waals surface area contributed by atoms with Gasteiger partial charge in [0.1, 0.15) is 11.0 Å². The van der Waals surface area contributed by atoms with Crippen LogP contribution < -0.4 is 5.32 Å². The van der Waals surface area contributed by atoms with Crippen LogP contribution in [0.25, 0.3) is 0 Å². The predicted octanol–water partition coefficient (Wildman–Crippen LogP) is 2.96. The zero-order chi connectivity index (χ0) is 11.4. The smallest absolute Gasteiger partial charge is 0.131 e. The molecule has 0 atom stereocenters. The van der Waals surface area contributed by atoms with E-state index in [2.05, 4.69) is 10.3 Å². The SMILES string of the molecule is COCCC1(CNc2cccc(Cl)n2)CC1. The van der Waals surface area contributed by atoms with E-state index in [0.29, 0.717) is 10.6 Å². The summed E-state index contributed by atoms with van der Waals surface area (Å²) in [7, 11) is 1.75. The summed E-state index contributed by atoms with van der Waals surface area (Å²) in [6, 6.07) is 5.63. The van der Waals surface area contributed by atoms with E-state index in [1.807, 2.05) is 12.1 Å². The maximum absolute atomic E-state index is 5.82. The minimum absolute atomic E-state index is 0.431. The maximum atomic E-state index is 5.82. The Labute approximate surface area is 101 Å². The molecule has 1 fully saturated rings. The largest absolute Gasteiger partial charge is 0.385 e. The average molecular weight is 241 g/mol. The molecule has 1 aliphatic rings. The van der Waals surface area contributed by atoms with Gasteiger partial charge in [0.05, 0.1) is 0 Å². The number of aromatic nitrogens is 1. The van der Waals surface area contributed by atoms with Gasteiger partial charge in [-0.2, -0.15) is 0 Å². The fourth-order valence-corrected chi connectivity index (χ4v) is 1.96. The van der Waals surface area contributed by atoms with Crippen LogP contribution in [0.4, 0.5) is 5.82 Å². The Hall–Kier alpha value is -0.800. The van der Waals surface area contributed by atoms with Crippen LogP contribution in [0.1, 0.15) is 19.3 Å². The molecule has 0 bridgehead atoms. The quantitative estimate of drug-likeness (QED) is 0.777. The van der Waals surface area contributed by atoms with Crippen molar-refractivity contribution in [3.8, 4) is 0 Å². The Morgan fingerprint density at radius 2 is 2.31 bits per heavy atom. The molecule has 1 N–H and O–H groups in total. The molecule has 16 heavy (non-hydrogen) atoms. The van der Waals surface area contributed by atoms with Crippen LogP contribution in [0.15, 0.2) is 18.2 Å². The number of methoxy groups -OCH3 is 1. The first-order chi connectivity index (χ1) is 7.74. The van der Waals surface area contributed by atoms with E-state index < -0.39 is 0 Å². The van der Waals surface area contributed by atoms with Gasteiger partial charge in [-0.25, -0.2) is 4.98 Å². The minimum atomic E-state index is 0.431. The van der Waals surface area contributed by atoms with E-state index in [4.69, 9.17) is 16.3 Å². The lowest BCUT2D eigenvalue weighted by molar-refractivity contribution is 0.175. The van der Waals surface area contributed by atoms with E-state index in [0.717, 1.165) is 25.4 Å². The second-order valence-electron chi connectivity index (χ2n) is 4.44. The van der Waals surface area contributed by atoms with Gasteiger partial charge in [-0.3, -0.25) is 0 Å². The van der Waals surface area contributed by atoms with E-state index in [1.54, 1.807) is 13.2 Å². The van der Waals surface area contributed by atoms with Crippen LogP contribution >= 0.6 is 11.6 Å². The number of hydrogen-bond acceptors (Lipinski definition) is 3. The van der Waals surface area contributed by atoms with Crippen LogP contribution in [0.2, 0.25) is 5.15 Å². The number of pyridine rings is 1. The van der Waals surface area contributed by atoms with Crippen molar-refractivity contribution in [2.75, 3.05) is 25.6 Å². The molecule has 0 radical (unpaired) electrons. The minimum Gasteiger partial charge on any atom is -0.385 e. The summed E-state index contributed by atoms with van der Waals surface area (Å²) < 4.78 is 5.12. The molecule has 0 aromatic carbocycles. The van der Waals surface area contributed by atoms with Crippen molar-refractivity contribution in [1.29, 1.82) is 0 Å². The summed E-state index contributed by atoms with van der Waals surface area (Å²) in [5, 5.41) is 3.88. The van der Waals surface area contributed by atoms with Gasteiger partial charge in [0.25, 0.3) is 0 Å². The number of anilines is 1. The summed E-state index contributed by atoms with van der Waals surface area (Å²) in [5.74, 6) is 0.858. The number of ether oxygens (including phenoxy) is 1. The van der Waals surface area contributed by atoms with Gasteiger partial charge in [-0.15, -0.1) is 0 Å². The van der Waals surface area contributed by atoms with Gasteiger partial charge in [0.15, 0.2) is 0 Å². The monoisotopic (exact) mass is 240 g/mol. The highest BCUT2D eigenvalue weighted by Crippen LogP contribution is 2.48. The number of nitrogens with one attached hydrogen (secondary N) is 1. The third-order valence-electron chi connectivity index (χ3n) is 3.15. The van der Waals surface area contributed by atoms with E-state index in [-0.39, 0.29) is 0 Å². The van der Waals surface area contributed by atoms with Crippen LogP contribution in [0, 0.1) is 5.41 Å². The van der Waals surface area contributed by atoms with Gasteiger partial charge < -0.3 is 10.1 Å². The van der Waals surface area contributed by atoms with Crippen molar-refractivity contribution in [3.05, 3.63) is 23.4 Å². The molecule has 0 saturated heterocycles. The Morgan fingerprint density at radius 1 is 1.50 bits per heavy atom. The maximum Gasteiger partial charge on any atom is 0.131 e. The highest BCUT2D eigenvalue weighted by atomic mass is 35.5. The second kappa shape index (κ2) is 5.02. The van der Waals surface area contributed by atoms with Crippen molar-refractivity contribution in [1.82, 2.24) is 4.98 Å². The molecule has 0 spiro atoms. The van der Waals surface area contributed by atoms with Crippen molar-refractivity contribution in [2.45, 2.75) is 19.3 Å². The highest BCUT2D eigenvalue weighted by molar-refractivity contribution is 6.29. The Balaban J connectivity index is 1.83. The molecule has 0 amide bonds. The predicted molar refractivity (Wildman–Crippen MR) is 65.9 cm³/mol. The molecule has 4 heteroatoms. The molecule has 1 aromatic rings. The Bertz CT molecular complexity index is 353. The number of nitrogens with zero attached hydrogens (tertiary/aromatic N) is 1. The van der Waals surface area contributed by atoms with Gasteiger partial charge in [0.2, 0.25) is 0 Å². The van der Waals surface area contributed by atoms with Gasteiger partial charge in [-0.05, 0) is 36.8 Å². The summed E-state index contributed by atoms with van der Waals surface area (Å²) in [6.07, 6.45) is 3.69. The van der Waals surface area contributed by atoms with Crippen LogP contribution in [-0.4, -0.2) is 25.2 Å². The van der Waals surface area contributed by atoms with Crippen LogP contribution in [0.5, 0.6) is 0 Å². The fourth-order valence-electron chi connectivity index (χ4n) is 1.80. The summed E-state index contributed by atoms with van der Waals surface area (Å²) in [4.78, 5) is 4.21. The molecule has 3 nitrogen and oxygen atoms in total. The van der Waals surface area contributed by atoms with Crippen molar-refractivity contribution in [3.63, 3.8) is 0 Å². The summed E-state index contributed by atoms with van der Waals surface area (Å²) in [6.45, 7) is 1.80. The van der Waals surface area contributed by atoms with Crippen LogP contribution in [0.3, 0.4) is 0 Å². The van der Waals surface area contributed by atoms with E-state index >= 15 is 0 Å². The van der Waals surface area contributed by atoms with Crippen molar-refractivity contribution >= 4 is 17.4 Å². The van der Waals surface area contributed by atoms with Gasteiger partial charge in [-0.1, -0.05) is 17.7 Å². The second-order valence-corrected chi connectivity index (χ2v) is 4.83. The van der Waals surface area contributed by atoms with Crippen LogP contribution in [-0.2, 0) is 4.74 Å². The summed E-state index contributed by atoms with van der Waals surface area (Å²) in [5.41, 5.74) is 0.431. The number of rotatable bonds is 6. The third-order valence-corrected chi connectivity index (χ3v) is 3.36. The molecule has 1 aliphatic carbocycles. The fraction of sp³-hybridized carbons (Fsp3) is 0.583. The first-order valence-corrected chi connectivity index (χ1v) is 5.97. The van der Waals surface area contributed by atoms with Crippen molar-refractivity contribution < 1.29 is 4.74 Å². The lowest BCUT2D eigenvalue weighted by Crippen LogP contribution is -2.17. The Morgan fingerprint density at radius 3 is 2.94 bits per heavy atom. The molecule has 0 aliphatic heterocycles. The molecule has 1 saturated carbocycles. The number of halogens is 1. The Kier molecular flexibility index (Phi) is 3.66. The molecule has 2 rings (SSSR count). The van der Waals surface area contributed by atoms with Gasteiger partial charge in [0, 0.05) is 20.3 Å². The molecule has 0 unspecified atom stereocenters. The molecular formula is C12H17ClN2O. The van der Waals surface area contributed by atoms with Crippen molar-refractivity contribution in [2.24, 2.45) is 5.41 Å². The first-order valence-electron chi connectivity index (χ1n) is 5.59. The van der Waals surface area contributed by atoms with Gasteiger partial charge >= 0.3 is 0 Å². The molecular weight excluding hydrogens is 224 g/mol. The first kappa shape index (κ1) is 11.7. The zero-order valence-corrected chi connectivity index (χ0v) is 10.3. The molecule has 1 aromatic heterocycles. The third kappa shape index (κ3) is 3.09. The lowest BCUT2D eigenvalue weighted by Gasteiger charge is -2.15.